The first-order valence-corrected chi connectivity index (χ1v) is 13.6. The number of halogens is 3. The molecule has 1 fully saturated rings. The molecule has 186 valence electrons. The van der Waals surface area contributed by atoms with Crippen LogP contribution < -0.4 is 4.74 Å². The van der Waals surface area contributed by atoms with E-state index < -0.39 is 0 Å². The summed E-state index contributed by atoms with van der Waals surface area (Å²) in [7, 11) is 0. The van der Waals surface area contributed by atoms with E-state index in [1.165, 1.54) is 17.8 Å². The molecule has 0 radical (unpaired) electrons. The molecule has 5 rings (SSSR count). The van der Waals surface area contributed by atoms with Crippen LogP contribution in [0.15, 0.2) is 108 Å². The molecule has 1 aliphatic rings. The lowest BCUT2D eigenvalue weighted by Crippen LogP contribution is -2.28. The monoisotopic (exact) mass is 640 g/mol. The van der Waals surface area contributed by atoms with Gasteiger partial charge >= 0.3 is 0 Å². The third-order valence-corrected chi connectivity index (χ3v) is 7.60. The molecule has 0 spiro atoms. The number of rotatable bonds is 7. The molecule has 4 aromatic rings. The minimum Gasteiger partial charge on any atom is -0.486 e. The third kappa shape index (κ3) is 6.06. The van der Waals surface area contributed by atoms with Gasteiger partial charge in [0.05, 0.1) is 32.3 Å². The zero-order valence-corrected chi connectivity index (χ0v) is 23.2. The number of ether oxygens (including phenoxy) is 1. The number of aliphatic imine (C=N–C) groups is 1. The van der Waals surface area contributed by atoms with E-state index in [2.05, 4.69) is 31.9 Å². The van der Waals surface area contributed by atoms with Crippen LogP contribution in [-0.4, -0.2) is 16.0 Å². The Kier molecular flexibility index (Phi) is 7.93. The van der Waals surface area contributed by atoms with Gasteiger partial charge in [0.1, 0.15) is 23.9 Å². The molecule has 1 saturated heterocycles. The third-order valence-electron chi connectivity index (χ3n) is 5.41. The molecule has 0 aliphatic carbocycles. The van der Waals surface area contributed by atoms with Crippen LogP contribution in [0.4, 0.5) is 10.1 Å². The number of thioether (sulfide) groups is 1. The van der Waals surface area contributed by atoms with Crippen LogP contribution >= 0.6 is 43.6 Å². The van der Waals surface area contributed by atoms with Crippen molar-refractivity contribution < 1.29 is 18.3 Å². The molecule has 1 aromatic heterocycles. The number of carbonyl (C=O) groups excluding carboxylic acids is 1. The smallest absolute Gasteiger partial charge is 0.267 e. The van der Waals surface area contributed by atoms with E-state index in [9.17, 15) is 9.18 Å². The standard InChI is InChI=1S/C28H19Br2FN2O3S/c29-22-13-18(14-23(30)26(22)36-17-19-7-4-5-11-24(19)31)15-25-27(34)33(16-21-10-6-12-35-21)28(37-25)32-20-8-2-1-3-9-20/h1-15H,16-17H2/b25-15-,32-28?. The van der Waals surface area contributed by atoms with Crippen molar-refractivity contribution in [3.63, 3.8) is 0 Å². The molecule has 0 unspecified atom stereocenters. The molecule has 5 nitrogen and oxygen atoms in total. The van der Waals surface area contributed by atoms with Crippen molar-refractivity contribution in [2.45, 2.75) is 13.2 Å². The maximum Gasteiger partial charge on any atom is 0.267 e. The molecule has 0 N–H and O–H groups in total. The Labute approximate surface area is 234 Å². The van der Waals surface area contributed by atoms with Crippen LogP contribution in [0.2, 0.25) is 0 Å². The van der Waals surface area contributed by atoms with Gasteiger partial charge in [-0.05, 0) is 97.7 Å². The predicted octanol–water partition coefficient (Wildman–Crippen LogP) is 8.33. The minimum absolute atomic E-state index is 0.0830. The van der Waals surface area contributed by atoms with E-state index in [0.29, 0.717) is 36.1 Å². The van der Waals surface area contributed by atoms with Crippen molar-refractivity contribution in [2.75, 3.05) is 0 Å². The highest BCUT2D eigenvalue weighted by atomic mass is 79.9. The van der Waals surface area contributed by atoms with E-state index in [-0.39, 0.29) is 24.9 Å². The van der Waals surface area contributed by atoms with Crippen LogP contribution in [-0.2, 0) is 17.9 Å². The topological polar surface area (TPSA) is 55.0 Å². The molecule has 3 aromatic carbocycles. The van der Waals surface area contributed by atoms with Gasteiger partial charge in [-0.25, -0.2) is 9.38 Å². The van der Waals surface area contributed by atoms with Gasteiger partial charge in [0, 0.05) is 5.56 Å². The summed E-state index contributed by atoms with van der Waals surface area (Å²) in [5.74, 6) is 0.725. The number of furan rings is 1. The van der Waals surface area contributed by atoms with E-state index in [0.717, 1.165) is 11.3 Å². The van der Waals surface area contributed by atoms with Crippen molar-refractivity contribution in [2.24, 2.45) is 4.99 Å². The van der Waals surface area contributed by atoms with E-state index in [1.54, 1.807) is 35.4 Å². The number of hydrogen-bond acceptors (Lipinski definition) is 5. The second-order valence-corrected chi connectivity index (χ2v) is 10.7. The summed E-state index contributed by atoms with van der Waals surface area (Å²) < 4.78 is 26.7. The van der Waals surface area contributed by atoms with Crippen molar-refractivity contribution >= 4 is 66.5 Å². The molecule has 37 heavy (non-hydrogen) atoms. The number of amidine groups is 1. The number of amides is 1. The fraction of sp³-hybridized carbons (Fsp3) is 0.0714. The predicted molar refractivity (Wildman–Crippen MR) is 151 cm³/mol. The highest BCUT2D eigenvalue weighted by Crippen LogP contribution is 2.39. The Morgan fingerprint density at radius 1 is 1.00 bits per heavy atom. The molecule has 0 saturated carbocycles. The minimum atomic E-state index is -0.319. The second-order valence-electron chi connectivity index (χ2n) is 8.00. The molecule has 9 heteroatoms. The normalized spacial score (nSPS) is 15.6. The summed E-state index contributed by atoms with van der Waals surface area (Å²) in [4.78, 5) is 20.2. The Morgan fingerprint density at radius 2 is 1.73 bits per heavy atom. The Bertz CT molecular complexity index is 1470. The lowest BCUT2D eigenvalue weighted by molar-refractivity contribution is -0.122. The summed E-state index contributed by atoms with van der Waals surface area (Å²) in [5.41, 5.74) is 2.00. The van der Waals surface area contributed by atoms with Crippen LogP contribution in [0.25, 0.3) is 6.08 Å². The SMILES string of the molecule is O=C1/C(=C/c2cc(Br)c(OCc3ccccc3F)c(Br)c2)SC(=Nc2ccccc2)N1Cc1ccco1. The number of nitrogens with zero attached hydrogens (tertiary/aromatic N) is 2. The fourth-order valence-corrected chi connectivity index (χ4v) is 6.07. The maximum absolute atomic E-state index is 14.0. The average Bonchev–Trinajstić information content (AvgIpc) is 3.50. The Balaban J connectivity index is 1.41. The first kappa shape index (κ1) is 25.5. The van der Waals surface area contributed by atoms with Crippen LogP contribution in [0, 0.1) is 5.82 Å². The highest BCUT2D eigenvalue weighted by Gasteiger charge is 2.34. The molecule has 1 amide bonds. The van der Waals surface area contributed by atoms with Gasteiger partial charge in [-0.3, -0.25) is 9.69 Å². The highest BCUT2D eigenvalue weighted by molar-refractivity contribution is 9.11. The van der Waals surface area contributed by atoms with Crippen molar-refractivity contribution in [3.05, 3.63) is 122 Å². The van der Waals surface area contributed by atoms with Gasteiger partial charge in [-0.1, -0.05) is 36.4 Å². The summed E-state index contributed by atoms with van der Waals surface area (Å²) in [5, 5.41) is 0.571. The van der Waals surface area contributed by atoms with E-state index >= 15 is 0 Å². The fourth-order valence-electron chi connectivity index (χ4n) is 3.62. The first-order valence-electron chi connectivity index (χ1n) is 11.2. The van der Waals surface area contributed by atoms with Crippen molar-refractivity contribution in [3.8, 4) is 5.75 Å². The van der Waals surface area contributed by atoms with Gasteiger partial charge in [0.15, 0.2) is 5.17 Å². The molecule has 2 heterocycles. The van der Waals surface area contributed by atoms with Gasteiger partial charge in [0.2, 0.25) is 0 Å². The van der Waals surface area contributed by atoms with E-state index in [4.69, 9.17) is 14.1 Å². The Hall–Kier alpha value is -3.14. The lowest BCUT2D eigenvalue weighted by Gasteiger charge is -2.14. The second kappa shape index (κ2) is 11.5. The van der Waals surface area contributed by atoms with E-state index in [1.807, 2.05) is 54.6 Å². The first-order chi connectivity index (χ1) is 18.0. The summed E-state index contributed by atoms with van der Waals surface area (Å²) in [6.45, 7) is 0.359. The number of carbonyl (C=O) groups is 1. The summed E-state index contributed by atoms with van der Waals surface area (Å²) in [6, 6.07) is 23.3. The average molecular weight is 642 g/mol. The largest absolute Gasteiger partial charge is 0.486 e. The summed E-state index contributed by atoms with van der Waals surface area (Å²) >= 11 is 8.40. The molecule has 0 atom stereocenters. The molecular formula is C28H19Br2FN2O3S. The Morgan fingerprint density at radius 3 is 2.43 bits per heavy atom. The van der Waals surface area contributed by atoms with Crippen LogP contribution in [0.1, 0.15) is 16.9 Å². The van der Waals surface area contributed by atoms with Crippen molar-refractivity contribution in [1.29, 1.82) is 0 Å². The number of benzene rings is 3. The van der Waals surface area contributed by atoms with Crippen molar-refractivity contribution in [1.82, 2.24) is 4.90 Å². The van der Waals surface area contributed by atoms with Gasteiger partial charge < -0.3 is 9.15 Å². The van der Waals surface area contributed by atoms with Crippen LogP contribution in [0.3, 0.4) is 0 Å². The number of para-hydroxylation sites is 1. The number of hydrogen-bond donors (Lipinski definition) is 0. The maximum atomic E-state index is 14.0. The molecule has 1 aliphatic heterocycles. The molecule has 0 bridgehead atoms. The lowest BCUT2D eigenvalue weighted by atomic mass is 10.2. The summed E-state index contributed by atoms with van der Waals surface area (Å²) in [6.07, 6.45) is 3.39. The van der Waals surface area contributed by atoms with Gasteiger partial charge in [-0.2, -0.15) is 0 Å². The zero-order valence-electron chi connectivity index (χ0n) is 19.2. The quantitative estimate of drug-likeness (QED) is 0.190. The van der Waals surface area contributed by atoms with Crippen LogP contribution in [0.5, 0.6) is 5.75 Å². The van der Waals surface area contributed by atoms with Gasteiger partial charge in [-0.15, -0.1) is 0 Å². The zero-order chi connectivity index (χ0) is 25.8. The van der Waals surface area contributed by atoms with Gasteiger partial charge in [0.25, 0.3) is 5.91 Å². The molecular weight excluding hydrogens is 623 g/mol.